The zero-order valence-corrected chi connectivity index (χ0v) is 8.26. The molecule has 4 nitrogen and oxygen atoms in total. The van der Waals surface area contributed by atoms with E-state index < -0.39 is 0 Å². The maximum absolute atomic E-state index is 8.72. The number of hydroxylamine groups is 1. The highest BCUT2D eigenvalue weighted by atomic mass is 16.7. The van der Waals surface area contributed by atoms with Crippen LogP contribution in [0.5, 0.6) is 11.5 Å². The molecule has 0 bridgehead atoms. The van der Waals surface area contributed by atoms with E-state index in [-0.39, 0.29) is 6.79 Å². The molecule has 1 aromatic rings. The predicted octanol–water partition coefficient (Wildman–Crippen LogP) is 1.51. The van der Waals surface area contributed by atoms with E-state index in [2.05, 4.69) is 5.48 Å². The monoisotopic (exact) mass is 195 g/mol. The highest BCUT2D eigenvalue weighted by Crippen LogP contribution is 2.38. The molecule has 0 fully saturated rings. The second-order valence-electron chi connectivity index (χ2n) is 3.37. The molecular formula is C10H13NO3. The first-order valence-electron chi connectivity index (χ1n) is 4.49. The van der Waals surface area contributed by atoms with Gasteiger partial charge in [-0.05, 0) is 31.0 Å². The van der Waals surface area contributed by atoms with Crippen molar-refractivity contribution in [2.24, 2.45) is 0 Å². The standard InChI is InChI=1S/C10H13NO3/c1-6-3-9-10(14-5-13-9)8(4-11-12)7(6)2/h3,11-12H,4-5H2,1-2H3. The smallest absolute Gasteiger partial charge is 0.231 e. The van der Waals surface area contributed by atoms with Crippen LogP contribution in [-0.4, -0.2) is 12.0 Å². The quantitative estimate of drug-likeness (QED) is 0.702. The van der Waals surface area contributed by atoms with Gasteiger partial charge < -0.3 is 14.7 Å². The van der Waals surface area contributed by atoms with E-state index in [0.29, 0.717) is 6.54 Å². The van der Waals surface area contributed by atoms with Crippen LogP contribution in [0.1, 0.15) is 16.7 Å². The number of benzene rings is 1. The molecule has 2 N–H and O–H groups in total. The van der Waals surface area contributed by atoms with Crippen molar-refractivity contribution >= 4 is 0 Å². The fourth-order valence-electron chi connectivity index (χ4n) is 1.64. The number of hydrogen-bond donors (Lipinski definition) is 2. The molecule has 0 atom stereocenters. The molecule has 0 spiro atoms. The van der Waals surface area contributed by atoms with Gasteiger partial charge in [-0.3, -0.25) is 0 Å². The Balaban J connectivity index is 2.54. The molecule has 0 aromatic heterocycles. The zero-order chi connectivity index (χ0) is 10.1. The third-order valence-electron chi connectivity index (χ3n) is 2.56. The fourth-order valence-corrected chi connectivity index (χ4v) is 1.64. The molecule has 1 aliphatic heterocycles. The number of rotatable bonds is 2. The SMILES string of the molecule is Cc1cc2c(c(CNO)c1C)OCO2. The summed E-state index contributed by atoms with van der Waals surface area (Å²) in [7, 11) is 0. The van der Waals surface area contributed by atoms with Crippen molar-refractivity contribution < 1.29 is 14.7 Å². The van der Waals surface area contributed by atoms with Crippen LogP contribution in [0.25, 0.3) is 0 Å². The Morgan fingerprint density at radius 1 is 1.43 bits per heavy atom. The summed E-state index contributed by atoms with van der Waals surface area (Å²) in [6.45, 7) is 4.65. The van der Waals surface area contributed by atoms with E-state index in [0.717, 1.165) is 28.2 Å². The van der Waals surface area contributed by atoms with E-state index in [1.54, 1.807) is 0 Å². The molecule has 0 unspecified atom stereocenters. The van der Waals surface area contributed by atoms with Crippen molar-refractivity contribution in [3.63, 3.8) is 0 Å². The van der Waals surface area contributed by atoms with E-state index in [1.807, 2.05) is 19.9 Å². The Hall–Kier alpha value is -1.26. The summed E-state index contributed by atoms with van der Waals surface area (Å²) in [5.74, 6) is 1.51. The van der Waals surface area contributed by atoms with Gasteiger partial charge in [0.15, 0.2) is 11.5 Å². The van der Waals surface area contributed by atoms with Gasteiger partial charge in [0.05, 0.1) is 0 Å². The van der Waals surface area contributed by atoms with Crippen LogP contribution in [-0.2, 0) is 6.54 Å². The molecule has 0 saturated heterocycles. The van der Waals surface area contributed by atoms with Crippen molar-refractivity contribution in [1.29, 1.82) is 0 Å². The van der Waals surface area contributed by atoms with Gasteiger partial charge in [-0.1, -0.05) is 0 Å². The van der Waals surface area contributed by atoms with Gasteiger partial charge in [-0.25, -0.2) is 5.48 Å². The Kier molecular flexibility index (Phi) is 2.31. The van der Waals surface area contributed by atoms with E-state index in [1.165, 1.54) is 0 Å². The zero-order valence-electron chi connectivity index (χ0n) is 8.26. The van der Waals surface area contributed by atoms with Crippen LogP contribution in [0.15, 0.2) is 6.07 Å². The van der Waals surface area contributed by atoms with Crippen LogP contribution >= 0.6 is 0 Å². The molecular weight excluding hydrogens is 182 g/mol. The number of nitrogens with one attached hydrogen (secondary N) is 1. The number of aryl methyl sites for hydroxylation is 1. The largest absolute Gasteiger partial charge is 0.454 e. The van der Waals surface area contributed by atoms with E-state index in [9.17, 15) is 0 Å². The van der Waals surface area contributed by atoms with E-state index >= 15 is 0 Å². The molecule has 0 radical (unpaired) electrons. The second-order valence-corrected chi connectivity index (χ2v) is 3.37. The molecule has 0 saturated carbocycles. The molecule has 1 heterocycles. The van der Waals surface area contributed by atoms with Gasteiger partial charge in [0, 0.05) is 12.1 Å². The maximum atomic E-state index is 8.72. The summed E-state index contributed by atoms with van der Waals surface area (Å²) < 4.78 is 10.6. The Bertz CT molecular complexity index is 363. The normalized spacial score (nSPS) is 13.4. The summed E-state index contributed by atoms with van der Waals surface area (Å²) in [4.78, 5) is 0. The lowest BCUT2D eigenvalue weighted by Gasteiger charge is -2.11. The molecule has 2 rings (SSSR count). The van der Waals surface area contributed by atoms with Crippen LogP contribution in [0.2, 0.25) is 0 Å². The van der Waals surface area contributed by atoms with Gasteiger partial charge >= 0.3 is 0 Å². The Morgan fingerprint density at radius 3 is 2.93 bits per heavy atom. The Morgan fingerprint density at radius 2 is 2.21 bits per heavy atom. The Labute approximate surface area is 82.4 Å². The average Bonchev–Trinajstić information content (AvgIpc) is 2.60. The highest BCUT2D eigenvalue weighted by molar-refractivity contribution is 5.54. The molecule has 76 valence electrons. The second kappa shape index (κ2) is 3.48. The number of fused-ring (bicyclic) bond motifs is 1. The maximum Gasteiger partial charge on any atom is 0.231 e. The summed E-state index contributed by atoms with van der Waals surface area (Å²) in [5.41, 5.74) is 5.36. The van der Waals surface area contributed by atoms with Crippen molar-refractivity contribution in [3.8, 4) is 11.5 Å². The molecule has 1 aromatic carbocycles. The van der Waals surface area contributed by atoms with E-state index in [4.69, 9.17) is 14.7 Å². The van der Waals surface area contributed by atoms with Gasteiger partial charge in [-0.15, -0.1) is 0 Å². The van der Waals surface area contributed by atoms with Crippen molar-refractivity contribution in [1.82, 2.24) is 5.48 Å². The van der Waals surface area contributed by atoms with Gasteiger partial charge in [0.2, 0.25) is 6.79 Å². The van der Waals surface area contributed by atoms with Crippen LogP contribution < -0.4 is 15.0 Å². The molecule has 14 heavy (non-hydrogen) atoms. The summed E-state index contributed by atoms with van der Waals surface area (Å²) in [6, 6.07) is 1.96. The molecule has 0 amide bonds. The van der Waals surface area contributed by atoms with Crippen molar-refractivity contribution in [3.05, 3.63) is 22.8 Å². The minimum Gasteiger partial charge on any atom is -0.454 e. The highest BCUT2D eigenvalue weighted by Gasteiger charge is 2.20. The predicted molar refractivity (Wildman–Crippen MR) is 50.7 cm³/mol. The first-order valence-corrected chi connectivity index (χ1v) is 4.49. The van der Waals surface area contributed by atoms with Crippen LogP contribution in [0.4, 0.5) is 0 Å². The van der Waals surface area contributed by atoms with Crippen molar-refractivity contribution in [2.45, 2.75) is 20.4 Å². The first-order chi connectivity index (χ1) is 6.74. The first kappa shape index (κ1) is 9.30. The van der Waals surface area contributed by atoms with Gasteiger partial charge in [-0.2, -0.15) is 0 Å². The molecule has 0 aliphatic carbocycles. The third kappa shape index (κ3) is 1.32. The summed E-state index contributed by atoms with van der Waals surface area (Å²) in [6.07, 6.45) is 0. The summed E-state index contributed by atoms with van der Waals surface area (Å²) >= 11 is 0. The van der Waals surface area contributed by atoms with Gasteiger partial charge in [0.25, 0.3) is 0 Å². The van der Waals surface area contributed by atoms with Crippen LogP contribution in [0, 0.1) is 13.8 Å². The molecule has 4 heteroatoms. The number of ether oxygens (including phenoxy) is 2. The molecule has 1 aliphatic rings. The topological polar surface area (TPSA) is 50.7 Å². The van der Waals surface area contributed by atoms with Gasteiger partial charge in [0.1, 0.15) is 0 Å². The number of hydrogen-bond acceptors (Lipinski definition) is 4. The lowest BCUT2D eigenvalue weighted by molar-refractivity contribution is 0.155. The van der Waals surface area contributed by atoms with Crippen LogP contribution in [0.3, 0.4) is 0 Å². The fraction of sp³-hybridized carbons (Fsp3) is 0.400. The third-order valence-corrected chi connectivity index (χ3v) is 2.56. The minimum atomic E-state index is 0.261. The lowest BCUT2D eigenvalue weighted by atomic mass is 10.0. The summed E-state index contributed by atoms with van der Waals surface area (Å²) in [5, 5.41) is 8.72. The average molecular weight is 195 g/mol. The lowest BCUT2D eigenvalue weighted by Crippen LogP contribution is -2.09. The van der Waals surface area contributed by atoms with Crippen molar-refractivity contribution in [2.75, 3.05) is 6.79 Å². The minimum absolute atomic E-state index is 0.261.